The third-order valence-corrected chi connectivity index (χ3v) is 5.08. The van der Waals surface area contributed by atoms with Crippen molar-refractivity contribution in [2.24, 2.45) is 0 Å². The summed E-state index contributed by atoms with van der Waals surface area (Å²) in [6, 6.07) is 15.6. The number of methoxy groups -OCH3 is 1. The van der Waals surface area contributed by atoms with E-state index in [0.29, 0.717) is 12.8 Å². The third kappa shape index (κ3) is 3.91. The average molecular weight is 376 g/mol. The van der Waals surface area contributed by atoms with Crippen molar-refractivity contribution in [3.05, 3.63) is 59.9 Å². The van der Waals surface area contributed by atoms with Crippen LogP contribution in [0.5, 0.6) is 5.75 Å². The molecule has 1 aromatic heterocycles. The predicted octanol–water partition coefficient (Wildman–Crippen LogP) is 3.86. The molecule has 0 spiro atoms. The van der Waals surface area contributed by atoms with Gasteiger partial charge in [-0.2, -0.15) is 0 Å². The number of nitrogens with zero attached hydrogens (tertiary/aromatic N) is 3. The molecule has 2 heterocycles. The summed E-state index contributed by atoms with van der Waals surface area (Å²) in [5.74, 6) is 2.72. The molecule has 0 aliphatic carbocycles. The molecule has 4 rings (SSSR count). The lowest BCUT2D eigenvalue weighted by Crippen LogP contribution is -2.13. The SMILES string of the molecule is COc1ccccc1CCC(=O)Nc1cccc(-c2nnc3n2CCCC3)c1. The molecule has 0 fully saturated rings. The number of nitrogens with one attached hydrogen (secondary N) is 1. The number of para-hydroxylation sites is 1. The summed E-state index contributed by atoms with van der Waals surface area (Å²) in [5.41, 5.74) is 2.78. The topological polar surface area (TPSA) is 69.0 Å². The molecule has 6 heteroatoms. The lowest BCUT2D eigenvalue weighted by atomic mass is 10.1. The Balaban J connectivity index is 1.43. The number of hydrogen-bond donors (Lipinski definition) is 1. The summed E-state index contributed by atoms with van der Waals surface area (Å²) in [6.07, 6.45) is 4.32. The standard InChI is InChI=1S/C22H24N4O2/c1-28-19-10-3-2-7-16(19)12-13-21(27)23-18-9-6-8-17(15-18)22-25-24-20-11-4-5-14-26(20)22/h2-3,6-10,15H,4-5,11-14H2,1H3,(H,23,27). The Hall–Kier alpha value is -3.15. The quantitative estimate of drug-likeness (QED) is 0.709. The number of rotatable bonds is 6. The highest BCUT2D eigenvalue weighted by molar-refractivity contribution is 5.91. The fourth-order valence-electron chi connectivity index (χ4n) is 3.64. The number of carbonyl (C=O) groups excluding carboxylic acids is 1. The molecule has 6 nitrogen and oxygen atoms in total. The molecule has 3 aromatic rings. The summed E-state index contributed by atoms with van der Waals surface area (Å²) >= 11 is 0. The molecule has 0 bridgehead atoms. The van der Waals surface area contributed by atoms with Gasteiger partial charge in [-0.05, 0) is 43.0 Å². The zero-order valence-electron chi connectivity index (χ0n) is 16.0. The van der Waals surface area contributed by atoms with Gasteiger partial charge in [-0.3, -0.25) is 4.79 Å². The lowest BCUT2D eigenvalue weighted by molar-refractivity contribution is -0.116. The first kappa shape index (κ1) is 18.2. The van der Waals surface area contributed by atoms with Gasteiger partial charge in [0.2, 0.25) is 5.91 Å². The lowest BCUT2D eigenvalue weighted by Gasteiger charge is -2.15. The number of benzene rings is 2. The minimum absolute atomic E-state index is 0.0219. The summed E-state index contributed by atoms with van der Waals surface area (Å²) in [5, 5.41) is 11.7. The highest BCUT2D eigenvalue weighted by Gasteiger charge is 2.17. The van der Waals surface area contributed by atoms with Crippen LogP contribution in [0.15, 0.2) is 48.5 Å². The van der Waals surface area contributed by atoms with Crippen molar-refractivity contribution in [1.29, 1.82) is 0 Å². The highest BCUT2D eigenvalue weighted by Crippen LogP contribution is 2.25. The monoisotopic (exact) mass is 376 g/mol. The van der Waals surface area contributed by atoms with E-state index in [0.717, 1.165) is 53.6 Å². The smallest absolute Gasteiger partial charge is 0.224 e. The van der Waals surface area contributed by atoms with Crippen LogP contribution in [0.3, 0.4) is 0 Å². The van der Waals surface area contributed by atoms with Crippen molar-refractivity contribution in [2.75, 3.05) is 12.4 Å². The van der Waals surface area contributed by atoms with Crippen molar-refractivity contribution >= 4 is 11.6 Å². The van der Waals surface area contributed by atoms with Crippen LogP contribution in [0.1, 0.15) is 30.7 Å². The number of anilines is 1. The van der Waals surface area contributed by atoms with E-state index < -0.39 is 0 Å². The normalized spacial score (nSPS) is 13.0. The summed E-state index contributed by atoms with van der Waals surface area (Å²) < 4.78 is 7.54. The van der Waals surface area contributed by atoms with E-state index in [-0.39, 0.29) is 5.91 Å². The van der Waals surface area contributed by atoms with Gasteiger partial charge in [0.1, 0.15) is 11.6 Å². The van der Waals surface area contributed by atoms with Crippen LogP contribution in [0, 0.1) is 0 Å². The second-order valence-electron chi connectivity index (χ2n) is 6.99. The minimum atomic E-state index is -0.0219. The zero-order valence-corrected chi connectivity index (χ0v) is 16.0. The Morgan fingerprint density at radius 3 is 2.93 bits per heavy atom. The minimum Gasteiger partial charge on any atom is -0.496 e. The highest BCUT2D eigenvalue weighted by atomic mass is 16.5. The molecule has 0 saturated carbocycles. The van der Waals surface area contributed by atoms with Gasteiger partial charge >= 0.3 is 0 Å². The first-order valence-corrected chi connectivity index (χ1v) is 9.69. The van der Waals surface area contributed by atoms with E-state index in [1.807, 2.05) is 48.5 Å². The Morgan fingerprint density at radius 2 is 2.04 bits per heavy atom. The van der Waals surface area contributed by atoms with Crippen molar-refractivity contribution < 1.29 is 9.53 Å². The van der Waals surface area contributed by atoms with Gasteiger partial charge < -0.3 is 14.6 Å². The molecule has 0 saturated heterocycles. The first-order valence-electron chi connectivity index (χ1n) is 9.69. The molecular weight excluding hydrogens is 352 g/mol. The number of fused-ring (bicyclic) bond motifs is 1. The molecule has 1 aliphatic heterocycles. The van der Waals surface area contributed by atoms with Gasteiger partial charge in [0.05, 0.1) is 7.11 Å². The number of aryl methyl sites for hydroxylation is 2. The Kier molecular flexibility index (Phi) is 5.37. The Labute approximate surface area is 164 Å². The maximum absolute atomic E-state index is 12.4. The molecule has 28 heavy (non-hydrogen) atoms. The van der Waals surface area contributed by atoms with Crippen LogP contribution in [-0.4, -0.2) is 27.8 Å². The van der Waals surface area contributed by atoms with E-state index >= 15 is 0 Å². The van der Waals surface area contributed by atoms with Crippen molar-refractivity contribution in [3.63, 3.8) is 0 Å². The molecule has 1 N–H and O–H groups in total. The van der Waals surface area contributed by atoms with Crippen LogP contribution in [-0.2, 0) is 24.2 Å². The van der Waals surface area contributed by atoms with E-state index in [4.69, 9.17) is 4.74 Å². The molecule has 1 amide bonds. The van der Waals surface area contributed by atoms with Crippen molar-refractivity contribution in [3.8, 4) is 17.1 Å². The van der Waals surface area contributed by atoms with Crippen LogP contribution in [0.4, 0.5) is 5.69 Å². The largest absolute Gasteiger partial charge is 0.496 e. The number of carbonyl (C=O) groups is 1. The molecule has 0 atom stereocenters. The number of hydrogen-bond acceptors (Lipinski definition) is 4. The third-order valence-electron chi connectivity index (χ3n) is 5.08. The summed E-state index contributed by atoms with van der Waals surface area (Å²) in [7, 11) is 1.65. The van der Waals surface area contributed by atoms with Crippen molar-refractivity contribution in [1.82, 2.24) is 14.8 Å². The fraction of sp³-hybridized carbons (Fsp3) is 0.318. The van der Waals surface area contributed by atoms with Gasteiger partial charge in [0.15, 0.2) is 5.82 Å². The van der Waals surface area contributed by atoms with Gasteiger partial charge in [0.25, 0.3) is 0 Å². The van der Waals surface area contributed by atoms with Crippen LogP contribution in [0.2, 0.25) is 0 Å². The second kappa shape index (κ2) is 8.25. The van der Waals surface area contributed by atoms with Crippen molar-refractivity contribution in [2.45, 2.75) is 38.6 Å². The van der Waals surface area contributed by atoms with Crippen LogP contribution in [0.25, 0.3) is 11.4 Å². The number of amides is 1. The van der Waals surface area contributed by atoms with Crippen LogP contribution >= 0.6 is 0 Å². The van der Waals surface area contributed by atoms with Crippen LogP contribution < -0.4 is 10.1 Å². The predicted molar refractivity (Wildman–Crippen MR) is 108 cm³/mol. The molecule has 0 radical (unpaired) electrons. The maximum atomic E-state index is 12.4. The fourth-order valence-corrected chi connectivity index (χ4v) is 3.64. The Morgan fingerprint density at radius 1 is 1.14 bits per heavy atom. The van der Waals surface area contributed by atoms with Gasteiger partial charge in [0, 0.05) is 30.6 Å². The van der Waals surface area contributed by atoms with Gasteiger partial charge in [-0.15, -0.1) is 10.2 Å². The molecule has 0 unspecified atom stereocenters. The molecule has 2 aromatic carbocycles. The van der Waals surface area contributed by atoms with E-state index in [1.165, 1.54) is 6.42 Å². The average Bonchev–Trinajstić information content (AvgIpc) is 3.17. The number of ether oxygens (including phenoxy) is 1. The zero-order chi connectivity index (χ0) is 19.3. The second-order valence-corrected chi connectivity index (χ2v) is 6.99. The summed E-state index contributed by atoms with van der Waals surface area (Å²) in [6.45, 7) is 0.952. The molecule has 144 valence electrons. The summed E-state index contributed by atoms with van der Waals surface area (Å²) in [4.78, 5) is 12.4. The first-order chi connectivity index (χ1) is 13.7. The van der Waals surface area contributed by atoms with E-state index in [2.05, 4.69) is 20.1 Å². The van der Waals surface area contributed by atoms with E-state index in [9.17, 15) is 4.79 Å². The number of aromatic nitrogens is 3. The van der Waals surface area contributed by atoms with Gasteiger partial charge in [-0.25, -0.2) is 0 Å². The van der Waals surface area contributed by atoms with Gasteiger partial charge in [-0.1, -0.05) is 30.3 Å². The maximum Gasteiger partial charge on any atom is 0.224 e. The molecular formula is C22H24N4O2. The van der Waals surface area contributed by atoms with E-state index in [1.54, 1.807) is 7.11 Å². The molecule has 1 aliphatic rings. The Bertz CT molecular complexity index is 980.